The van der Waals surface area contributed by atoms with Crippen molar-refractivity contribution in [2.45, 2.75) is 63.5 Å². The maximum atomic E-state index is 13.9. The van der Waals surface area contributed by atoms with Crippen LogP contribution in [0, 0.1) is 0 Å². The fraction of sp³-hybridized carbons (Fsp3) is 0.500. The third-order valence-corrected chi connectivity index (χ3v) is 15.7. The summed E-state index contributed by atoms with van der Waals surface area (Å²) in [7, 11) is -7.09. The molecule has 0 radical (unpaired) electrons. The van der Waals surface area contributed by atoms with E-state index in [1.165, 1.54) is 62.7 Å². The Morgan fingerprint density at radius 3 is 1.71 bits per heavy atom. The number of nitrogens with zero attached hydrogens (tertiary/aromatic N) is 10. The summed E-state index contributed by atoms with van der Waals surface area (Å²) in [6.07, 6.45) is 10.7. The number of aromatic carboxylic acids is 1. The van der Waals surface area contributed by atoms with Crippen LogP contribution in [0.15, 0.2) is 60.7 Å². The highest BCUT2D eigenvalue weighted by atomic mass is 35.5. The van der Waals surface area contributed by atoms with Crippen LogP contribution < -0.4 is 46.2 Å². The number of fused-ring (bicyclic) bond motifs is 2. The van der Waals surface area contributed by atoms with Gasteiger partial charge in [0.05, 0.1) is 84.9 Å². The highest BCUT2D eigenvalue weighted by molar-refractivity contribution is 7.92. The topological polar surface area (TPSA) is 315 Å². The van der Waals surface area contributed by atoms with Crippen LogP contribution in [0.5, 0.6) is 0 Å². The smallest absolute Gasteiger partial charge is 0.337 e. The number of likely N-dealkylation sites (tertiary alicyclic amines) is 1. The SMILES string of the molecule is C1CNC1.CS(=O)(=O)Nc1ccc(N)cc1C(=O)N1CCCC[C@H]1c1cc2nc(N3CCC3)cc(N3CCOCC3)n2n1.CS(=O)(=O)Nc1ccc(N)cc1C(=O)O.Clc1cc(N2CCOCC2)n2nc([C@@H]3CCCCN3)cc2n1. The summed E-state index contributed by atoms with van der Waals surface area (Å²) >= 11 is 6.21. The summed E-state index contributed by atoms with van der Waals surface area (Å²) in [5, 5.41) is 25.8. The molecule has 12 rings (SSSR count). The number of nitrogens with one attached hydrogen (secondary N) is 4. The molecule has 0 spiro atoms. The summed E-state index contributed by atoms with van der Waals surface area (Å²) < 4.78 is 65.2. The second kappa shape index (κ2) is 25.8. The van der Waals surface area contributed by atoms with Gasteiger partial charge in [-0.05, 0) is 101 Å². The standard InChI is InChI=1S/C26H34N8O4S.C15H20ClN5O.C8H10N2O4S.C3H7N/c1-39(36,37)30-20-7-6-18(27)15-19(20)26(35)33-10-3-2-5-22(33)21-16-24-28-23(31-8-4-9-31)17-25(34(24)29-21)32-11-13-38-14-12-32;16-13-10-15(20-5-7-22-8-6-20)21-14(18-13)9-12(19-21)11-3-1-2-4-17-11;1-15(13,14)10-7-3-2-5(9)4-6(7)8(11)12;1-2-4-3-1/h6-7,15-17,22,30H,2-5,8-14,27H2,1H3;9-11,17H,1-8H2;2-4,10H,9H2,1H3,(H,11,12);4H,1-3H2/t22-;11-;;/m00../s1. The van der Waals surface area contributed by atoms with Crippen LogP contribution in [0.3, 0.4) is 0 Å². The zero-order valence-electron chi connectivity index (χ0n) is 45.0. The number of benzene rings is 2. The third kappa shape index (κ3) is 14.8. The van der Waals surface area contributed by atoms with Gasteiger partial charge in [0.25, 0.3) is 5.91 Å². The number of carbonyl (C=O) groups is 2. The number of hydrogen-bond donors (Lipinski definition) is 7. The molecule has 4 aromatic heterocycles. The monoisotopic (exact) mass is 1160 g/mol. The van der Waals surface area contributed by atoms with Crippen molar-refractivity contribution in [2.75, 3.05) is 140 Å². The van der Waals surface area contributed by atoms with Gasteiger partial charge in [-0.25, -0.2) is 31.6 Å². The molecule has 0 unspecified atom stereocenters. The maximum Gasteiger partial charge on any atom is 0.337 e. The molecular weight excluding hydrogens is 1090 g/mol. The highest BCUT2D eigenvalue weighted by Crippen LogP contribution is 2.36. The molecule has 432 valence electrons. The number of hydrogen-bond acceptors (Lipinski definition) is 19. The quantitative estimate of drug-likeness (QED) is 0.0696. The normalized spacial score (nSPS) is 19.5. The van der Waals surface area contributed by atoms with Crippen LogP contribution in [0.1, 0.15) is 95.6 Å². The van der Waals surface area contributed by atoms with Gasteiger partial charge in [0.2, 0.25) is 20.0 Å². The number of morpholine rings is 2. The molecule has 1 amide bonds. The van der Waals surface area contributed by atoms with Gasteiger partial charge in [0.1, 0.15) is 22.6 Å². The number of ether oxygens (including phenoxy) is 2. The number of carboxylic acids is 1. The summed E-state index contributed by atoms with van der Waals surface area (Å²) in [4.78, 5) is 42.6. The number of aromatic nitrogens is 6. The van der Waals surface area contributed by atoms with Gasteiger partial charge in [-0.15, -0.1) is 0 Å². The molecule has 0 saturated carbocycles. The summed E-state index contributed by atoms with van der Waals surface area (Å²) in [6.45, 7) is 12.1. The van der Waals surface area contributed by atoms with Gasteiger partial charge in [-0.2, -0.15) is 19.2 Å². The molecule has 10 heterocycles. The fourth-order valence-electron chi connectivity index (χ4n) is 9.96. The number of carboxylic acid groups (broad SMARTS) is 1. The lowest BCUT2D eigenvalue weighted by Gasteiger charge is -2.35. The van der Waals surface area contributed by atoms with Crippen molar-refractivity contribution in [3.63, 3.8) is 0 Å². The van der Waals surface area contributed by atoms with Crippen molar-refractivity contribution in [1.82, 2.24) is 44.7 Å². The minimum atomic E-state index is -3.59. The Kier molecular flexibility index (Phi) is 18.7. The first-order valence-corrected chi connectivity index (χ1v) is 31.1. The Morgan fingerprint density at radius 1 is 0.637 bits per heavy atom. The van der Waals surface area contributed by atoms with E-state index in [4.69, 9.17) is 52.8 Å². The van der Waals surface area contributed by atoms with Crippen LogP contribution in [0.25, 0.3) is 11.3 Å². The number of nitrogens with two attached hydrogens (primary N) is 2. The minimum Gasteiger partial charge on any atom is -0.478 e. The second-order valence-corrected chi connectivity index (χ2v) is 24.3. The van der Waals surface area contributed by atoms with Crippen molar-refractivity contribution in [1.29, 1.82) is 0 Å². The number of halogens is 1. The predicted molar refractivity (Wildman–Crippen MR) is 309 cm³/mol. The van der Waals surface area contributed by atoms with Gasteiger partial charge in [0.15, 0.2) is 11.3 Å². The number of piperidine rings is 2. The molecule has 28 heteroatoms. The van der Waals surface area contributed by atoms with Crippen LogP contribution in [0.2, 0.25) is 5.15 Å². The van der Waals surface area contributed by atoms with E-state index >= 15 is 0 Å². The van der Waals surface area contributed by atoms with E-state index in [0.29, 0.717) is 36.6 Å². The van der Waals surface area contributed by atoms with Gasteiger partial charge in [-0.3, -0.25) is 14.2 Å². The van der Waals surface area contributed by atoms with Crippen LogP contribution in [0.4, 0.5) is 40.2 Å². The van der Waals surface area contributed by atoms with E-state index < -0.39 is 26.0 Å². The van der Waals surface area contributed by atoms with Crippen molar-refractivity contribution >= 4 is 95.0 Å². The molecule has 80 heavy (non-hydrogen) atoms. The number of sulfonamides is 2. The average molecular weight is 1160 g/mol. The van der Waals surface area contributed by atoms with Crippen molar-refractivity contribution in [3.05, 3.63) is 88.3 Å². The summed E-state index contributed by atoms with van der Waals surface area (Å²) in [5.41, 5.74) is 15.7. The van der Waals surface area contributed by atoms with Gasteiger partial charge >= 0.3 is 5.97 Å². The van der Waals surface area contributed by atoms with Gasteiger partial charge in [0, 0.05) is 81.5 Å². The number of amides is 1. The Hall–Kier alpha value is -6.75. The van der Waals surface area contributed by atoms with E-state index in [1.807, 2.05) is 21.2 Å². The third-order valence-electron chi connectivity index (χ3n) is 14.3. The largest absolute Gasteiger partial charge is 0.478 e. The molecule has 2 atom stereocenters. The molecule has 0 aliphatic carbocycles. The van der Waals surface area contributed by atoms with Gasteiger partial charge in [-0.1, -0.05) is 18.0 Å². The number of carbonyl (C=O) groups excluding carboxylic acids is 1. The number of anilines is 7. The number of nitrogen functional groups attached to an aromatic ring is 2. The molecule has 2 aromatic carbocycles. The molecule has 0 bridgehead atoms. The van der Waals surface area contributed by atoms with Crippen molar-refractivity contribution in [3.8, 4) is 0 Å². The van der Waals surface area contributed by atoms with E-state index in [-0.39, 0.29) is 40.1 Å². The molecule has 25 nitrogen and oxygen atoms in total. The zero-order chi connectivity index (χ0) is 56.6. The molecule has 9 N–H and O–H groups in total. The molecular formula is C52H71ClN16O9S2. The first-order valence-electron chi connectivity index (χ1n) is 27.0. The Balaban J connectivity index is 0.000000157. The Bertz CT molecular complexity index is 3370. The first kappa shape index (κ1) is 57.9. The van der Waals surface area contributed by atoms with Crippen LogP contribution in [-0.4, -0.2) is 172 Å². The van der Waals surface area contributed by atoms with E-state index in [2.05, 4.69) is 51.9 Å². The lowest BCUT2D eigenvalue weighted by atomic mass is 9.97. The van der Waals surface area contributed by atoms with Crippen LogP contribution >= 0.6 is 11.6 Å². The summed E-state index contributed by atoms with van der Waals surface area (Å²) in [5.74, 6) is 1.39. The van der Waals surface area contributed by atoms with E-state index in [9.17, 15) is 26.4 Å². The number of rotatable bonds is 11. The maximum absolute atomic E-state index is 13.9. The molecule has 6 aromatic rings. The lowest BCUT2D eigenvalue weighted by Crippen LogP contribution is -2.40. The molecule has 6 aliphatic heterocycles. The molecule has 6 fully saturated rings. The van der Waals surface area contributed by atoms with Crippen molar-refractivity contribution < 1.29 is 41.0 Å². The first-order chi connectivity index (χ1) is 38.4. The Morgan fingerprint density at radius 2 is 1.18 bits per heavy atom. The molecule has 6 aliphatic rings. The second-order valence-electron chi connectivity index (χ2n) is 20.4. The lowest BCUT2D eigenvalue weighted by molar-refractivity contribution is 0.0606. The minimum absolute atomic E-state index is 0.000741. The zero-order valence-corrected chi connectivity index (χ0v) is 47.4. The average Bonchev–Trinajstić information content (AvgIpc) is 4.16. The van der Waals surface area contributed by atoms with Gasteiger partial charge < -0.3 is 56.3 Å². The van der Waals surface area contributed by atoms with E-state index in [0.717, 1.165) is 144 Å². The molecule has 6 saturated heterocycles. The van der Waals surface area contributed by atoms with Crippen LogP contribution in [-0.2, 0) is 29.5 Å². The van der Waals surface area contributed by atoms with Crippen molar-refractivity contribution in [2.24, 2.45) is 0 Å². The Labute approximate surface area is 470 Å². The summed E-state index contributed by atoms with van der Waals surface area (Å²) in [6, 6.07) is 16.6. The van der Waals surface area contributed by atoms with E-state index in [1.54, 1.807) is 11.0 Å². The fourth-order valence-corrected chi connectivity index (χ4v) is 11.3. The highest BCUT2D eigenvalue weighted by Gasteiger charge is 2.34. The predicted octanol–water partition coefficient (Wildman–Crippen LogP) is 4.45.